The maximum Gasteiger partial charge on any atom is 0.320 e. The predicted octanol–water partition coefficient (Wildman–Crippen LogP) is 2.39. The van der Waals surface area contributed by atoms with Crippen LogP contribution in [0.25, 0.3) is 0 Å². The lowest BCUT2D eigenvalue weighted by Crippen LogP contribution is -2.35. The molecule has 1 unspecified atom stereocenters. The molecular formula is C12H14ClNO2. The monoisotopic (exact) mass is 239 g/mol. The predicted molar refractivity (Wildman–Crippen MR) is 62.5 cm³/mol. The molecule has 0 aromatic heterocycles. The summed E-state index contributed by atoms with van der Waals surface area (Å²) in [5, 5.41) is 9.75. The maximum atomic E-state index is 11.0. The normalized spacial score (nSPS) is 21.2. The van der Waals surface area contributed by atoms with Crippen LogP contribution in [0.1, 0.15) is 18.4 Å². The lowest BCUT2D eigenvalue weighted by molar-refractivity contribution is -0.142. The van der Waals surface area contributed by atoms with Crippen molar-refractivity contribution in [3.63, 3.8) is 0 Å². The standard InChI is InChI=1S/C12H14ClNO2/c13-10-4-1-3-9(7-10)8-14-6-2-5-11(14)12(15)16/h1,3-4,7,11H,2,5-6,8H2,(H,15,16). The summed E-state index contributed by atoms with van der Waals surface area (Å²) in [4.78, 5) is 13.0. The number of nitrogens with zero attached hydrogens (tertiary/aromatic N) is 1. The van der Waals surface area contributed by atoms with E-state index in [2.05, 4.69) is 0 Å². The molecule has 16 heavy (non-hydrogen) atoms. The molecule has 1 aromatic carbocycles. The minimum atomic E-state index is -0.723. The first-order valence-electron chi connectivity index (χ1n) is 5.38. The molecule has 0 spiro atoms. The fourth-order valence-electron chi connectivity index (χ4n) is 2.16. The summed E-state index contributed by atoms with van der Waals surface area (Å²) >= 11 is 5.89. The summed E-state index contributed by atoms with van der Waals surface area (Å²) in [6.45, 7) is 1.51. The lowest BCUT2D eigenvalue weighted by atomic mass is 10.2. The first kappa shape index (κ1) is 11.4. The zero-order valence-electron chi connectivity index (χ0n) is 8.90. The van der Waals surface area contributed by atoms with Crippen molar-refractivity contribution in [2.75, 3.05) is 6.54 Å². The van der Waals surface area contributed by atoms with Crippen molar-refractivity contribution in [2.24, 2.45) is 0 Å². The first-order chi connectivity index (χ1) is 7.66. The molecule has 4 heteroatoms. The van der Waals surface area contributed by atoms with Gasteiger partial charge in [-0.2, -0.15) is 0 Å². The minimum absolute atomic E-state index is 0.334. The Hall–Kier alpha value is -1.06. The van der Waals surface area contributed by atoms with Gasteiger partial charge in [-0.05, 0) is 37.1 Å². The average Bonchev–Trinajstić information content (AvgIpc) is 2.66. The summed E-state index contributed by atoms with van der Waals surface area (Å²) in [5.41, 5.74) is 1.07. The third kappa shape index (κ3) is 2.54. The molecule has 0 bridgehead atoms. The van der Waals surface area contributed by atoms with E-state index in [1.165, 1.54) is 0 Å². The average molecular weight is 240 g/mol. The molecular weight excluding hydrogens is 226 g/mol. The van der Waals surface area contributed by atoms with Gasteiger partial charge in [0.2, 0.25) is 0 Å². The van der Waals surface area contributed by atoms with Crippen LogP contribution in [0.15, 0.2) is 24.3 Å². The molecule has 0 amide bonds. The van der Waals surface area contributed by atoms with Crippen molar-refractivity contribution in [3.8, 4) is 0 Å². The second kappa shape index (κ2) is 4.85. The van der Waals surface area contributed by atoms with E-state index in [0.29, 0.717) is 11.6 Å². The fraction of sp³-hybridized carbons (Fsp3) is 0.417. The highest BCUT2D eigenvalue weighted by Crippen LogP contribution is 2.21. The topological polar surface area (TPSA) is 40.5 Å². The Morgan fingerprint density at radius 2 is 2.38 bits per heavy atom. The van der Waals surface area contributed by atoms with Crippen molar-refractivity contribution < 1.29 is 9.90 Å². The molecule has 1 aliphatic heterocycles. The third-order valence-corrected chi connectivity index (χ3v) is 3.16. The van der Waals surface area contributed by atoms with Crippen LogP contribution in [0.3, 0.4) is 0 Å². The number of carbonyl (C=O) groups is 1. The summed E-state index contributed by atoms with van der Waals surface area (Å²) < 4.78 is 0. The number of carboxylic acids is 1. The van der Waals surface area contributed by atoms with Crippen LogP contribution in [0.4, 0.5) is 0 Å². The van der Waals surface area contributed by atoms with Gasteiger partial charge in [0, 0.05) is 11.6 Å². The van der Waals surface area contributed by atoms with Crippen LogP contribution in [0, 0.1) is 0 Å². The van der Waals surface area contributed by atoms with Crippen molar-refractivity contribution in [1.29, 1.82) is 0 Å². The van der Waals surface area contributed by atoms with Crippen LogP contribution in [0.5, 0.6) is 0 Å². The molecule has 1 N–H and O–H groups in total. The molecule has 0 aliphatic carbocycles. The molecule has 1 saturated heterocycles. The van der Waals surface area contributed by atoms with Crippen LogP contribution >= 0.6 is 11.6 Å². The van der Waals surface area contributed by atoms with Gasteiger partial charge in [-0.1, -0.05) is 23.7 Å². The van der Waals surface area contributed by atoms with Crippen LogP contribution in [0.2, 0.25) is 5.02 Å². The molecule has 0 radical (unpaired) electrons. The highest BCUT2D eigenvalue weighted by molar-refractivity contribution is 6.30. The Balaban J connectivity index is 2.06. The summed E-state index contributed by atoms with van der Waals surface area (Å²) in [7, 11) is 0. The van der Waals surface area contributed by atoms with E-state index in [1.807, 2.05) is 29.2 Å². The SMILES string of the molecule is O=C(O)C1CCCN1Cc1cccc(Cl)c1. The van der Waals surface area contributed by atoms with E-state index in [0.717, 1.165) is 24.9 Å². The van der Waals surface area contributed by atoms with Gasteiger partial charge in [-0.15, -0.1) is 0 Å². The largest absolute Gasteiger partial charge is 0.480 e. The third-order valence-electron chi connectivity index (χ3n) is 2.92. The van der Waals surface area contributed by atoms with Crippen molar-refractivity contribution in [1.82, 2.24) is 4.90 Å². The highest BCUT2D eigenvalue weighted by Gasteiger charge is 2.30. The van der Waals surface area contributed by atoms with E-state index >= 15 is 0 Å². The van der Waals surface area contributed by atoms with E-state index in [-0.39, 0.29) is 6.04 Å². The minimum Gasteiger partial charge on any atom is -0.480 e. The molecule has 0 saturated carbocycles. The van der Waals surface area contributed by atoms with Gasteiger partial charge < -0.3 is 5.11 Å². The second-order valence-corrected chi connectivity index (χ2v) is 4.53. The smallest absolute Gasteiger partial charge is 0.320 e. The van der Waals surface area contributed by atoms with Crippen LogP contribution in [-0.4, -0.2) is 28.6 Å². The molecule has 1 atom stereocenters. The molecule has 1 fully saturated rings. The van der Waals surface area contributed by atoms with Gasteiger partial charge in [-0.25, -0.2) is 0 Å². The zero-order valence-corrected chi connectivity index (χ0v) is 9.65. The quantitative estimate of drug-likeness (QED) is 0.881. The Kier molecular flexibility index (Phi) is 3.46. The van der Waals surface area contributed by atoms with E-state index in [9.17, 15) is 4.79 Å². The lowest BCUT2D eigenvalue weighted by Gasteiger charge is -2.20. The van der Waals surface area contributed by atoms with Gasteiger partial charge in [-0.3, -0.25) is 9.69 Å². The molecule has 2 rings (SSSR count). The molecule has 1 heterocycles. The van der Waals surface area contributed by atoms with Gasteiger partial charge in [0.25, 0.3) is 0 Å². The number of halogens is 1. The van der Waals surface area contributed by atoms with Crippen LogP contribution in [-0.2, 0) is 11.3 Å². The molecule has 1 aromatic rings. The Labute approximate surface area is 99.6 Å². The maximum absolute atomic E-state index is 11.0. The number of hydrogen-bond donors (Lipinski definition) is 1. The number of rotatable bonds is 3. The molecule has 86 valence electrons. The van der Waals surface area contributed by atoms with Gasteiger partial charge in [0.1, 0.15) is 6.04 Å². The summed E-state index contributed by atoms with van der Waals surface area (Å²) in [6, 6.07) is 7.24. The number of likely N-dealkylation sites (tertiary alicyclic amines) is 1. The Morgan fingerprint density at radius 1 is 1.56 bits per heavy atom. The highest BCUT2D eigenvalue weighted by atomic mass is 35.5. The van der Waals surface area contributed by atoms with Crippen LogP contribution < -0.4 is 0 Å². The Morgan fingerprint density at radius 3 is 3.06 bits per heavy atom. The molecule has 3 nitrogen and oxygen atoms in total. The van der Waals surface area contributed by atoms with Gasteiger partial charge in [0.15, 0.2) is 0 Å². The Bertz CT molecular complexity index is 394. The first-order valence-corrected chi connectivity index (χ1v) is 5.76. The number of aliphatic carboxylic acids is 1. The second-order valence-electron chi connectivity index (χ2n) is 4.10. The van der Waals surface area contributed by atoms with E-state index < -0.39 is 5.97 Å². The van der Waals surface area contributed by atoms with Crippen molar-refractivity contribution in [2.45, 2.75) is 25.4 Å². The van der Waals surface area contributed by atoms with Crippen molar-refractivity contribution >= 4 is 17.6 Å². The van der Waals surface area contributed by atoms with Gasteiger partial charge >= 0.3 is 5.97 Å². The van der Waals surface area contributed by atoms with E-state index in [4.69, 9.17) is 16.7 Å². The number of benzene rings is 1. The molecule has 1 aliphatic rings. The van der Waals surface area contributed by atoms with Gasteiger partial charge in [0.05, 0.1) is 0 Å². The number of carboxylic acid groups (broad SMARTS) is 1. The summed E-state index contributed by atoms with van der Waals surface area (Å²) in [6.07, 6.45) is 1.70. The fourth-order valence-corrected chi connectivity index (χ4v) is 2.38. The van der Waals surface area contributed by atoms with E-state index in [1.54, 1.807) is 0 Å². The van der Waals surface area contributed by atoms with Crippen molar-refractivity contribution in [3.05, 3.63) is 34.9 Å². The number of hydrogen-bond acceptors (Lipinski definition) is 2. The zero-order chi connectivity index (χ0) is 11.5. The summed E-state index contributed by atoms with van der Waals surface area (Å²) in [5.74, 6) is -0.723.